The maximum Gasteiger partial charge on any atom is 0.339 e. The van der Waals surface area contributed by atoms with Crippen LogP contribution in [0.5, 0.6) is 5.75 Å². The third-order valence-electron chi connectivity index (χ3n) is 5.17. The Balaban J connectivity index is 1.89. The third-order valence-corrected chi connectivity index (χ3v) is 5.17. The molecule has 0 aliphatic carbocycles. The molecule has 0 N–H and O–H groups in total. The molecule has 0 spiro atoms. The minimum atomic E-state index is -0.528. The first kappa shape index (κ1) is 19.5. The zero-order valence-corrected chi connectivity index (χ0v) is 16.7. The molecule has 1 saturated heterocycles. The van der Waals surface area contributed by atoms with E-state index in [1.54, 1.807) is 12.0 Å². The predicted molar refractivity (Wildman–Crippen MR) is 115 cm³/mol. The molecule has 1 atom stereocenters. The number of β-lactam (4-membered cyclic amide) rings is 1. The molecule has 1 aliphatic rings. The van der Waals surface area contributed by atoms with Gasteiger partial charge in [-0.3, -0.25) is 9.69 Å². The lowest BCUT2D eigenvalue weighted by Crippen LogP contribution is -2.50. The topological polar surface area (TPSA) is 55.8 Å². The molecular formula is C25H21NO4. The molecule has 1 amide bonds. The lowest BCUT2D eigenvalue weighted by molar-refractivity contribution is -0.134. The van der Waals surface area contributed by atoms with Gasteiger partial charge in [-0.25, -0.2) is 4.79 Å². The highest BCUT2D eigenvalue weighted by atomic mass is 16.5. The summed E-state index contributed by atoms with van der Waals surface area (Å²) in [5.41, 5.74) is 3.02. The highest BCUT2D eigenvalue weighted by Crippen LogP contribution is 2.46. The summed E-state index contributed by atoms with van der Waals surface area (Å²) in [4.78, 5) is 27.8. The average Bonchev–Trinajstić information content (AvgIpc) is 2.81. The monoisotopic (exact) mass is 399 g/mol. The first-order valence-electron chi connectivity index (χ1n) is 9.56. The van der Waals surface area contributed by atoms with Crippen molar-refractivity contribution in [2.45, 2.75) is 6.04 Å². The van der Waals surface area contributed by atoms with Gasteiger partial charge in [-0.05, 0) is 35.4 Å². The Morgan fingerprint density at radius 2 is 1.43 bits per heavy atom. The Kier molecular flexibility index (Phi) is 5.35. The minimum absolute atomic E-state index is 0.224. The van der Waals surface area contributed by atoms with Gasteiger partial charge in [0.25, 0.3) is 5.91 Å². The fourth-order valence-corrected chi connectivity index (χ4v) is 3.72. The molecule has 1 fully saturated rings. The molecule has 150 valence electrons. The molecular weight excluding hydrogens is 378 g/mol. The summed E-state index contributed by atoms with van der Waals surface area (Å²) in [6.45, 7) is 0. The van der Waals surface area contributed by atoms with Crippen LogP contribution >= 0.6 is 0 Å². The van der Waals surface area contributed by atoms with E-state index in [0.717, 1.165) is 11.3 Å². The van der Waals surface area contributed by atoms with E-state index in [0.29, 0.717) is 22.5 Å². The zero-order chi connectivity index (χ0) is 21.1. The second kappa shape index (κ2) is 8.25. The summed E-state index contributed by atoms with van der Waals surface area (Å²) in [6.07, 6.45) is 0. The second-order valence-corrected chi connectivity index (χ2v) is 6.83. The molecule has 0 bridgehead atoms. The number of benzene rings is 3. The van der Waals surface area contributed by atoms with Crippen molar-refractivity contribution in [3.8, 4) is 5.75 Å². The van der Waals surface area contributed by atoms with Crippen molar-refractivity contribution in [2.75, 3.05) is 19.1 Å². The quantitative estimate of drug-likeness (QED) is 0.362. The van der Waals surface area contributed by atoms with Gasteiger partial charge in [0.15, 0.2) is 0 Å². The molecule has 3 aromatic carbocycles. The number of esters is 1. The fraction of sp³-hybridized carbons (Fsp3) is 0.120. The lowest BCUT2D eigenvalue weighted by Gasteiger charge is -2.44. The van der Waals surface area contributed by atoms with E-state index in [1.807, 2.05) is 84.9 Å². The second-order valence-electron chi connectivity index (χ2n) is 6.83. The van der Waals surface area contributed by atoms with Gasteiger partial charge in [-0.1, -0.05) is 60.7 Å². The average molecular weight is 399 g/mol. The van der Waals surface area contributed by atoms with Crippen LogP contribution in [0.3, 0.4) is 0 Å². The molecule has 5 heteroatoms. The van der Waals surface area contributed by atoms with Gasteiger partial charge in [0, 0.05) is 5.69 Å². The third kappa shape index (κ3) is 3.35. The standard InChI is InChI=1S/C25H21NO4/c1-29-20-15-13-19(14-16-20)26-23(18-11-7-4-8-12-18)22(24(26)27)21(25(28)30-2)17-9-5-3-6-10-17/h3-16,23H,1-2H3/b22-21-. The Labute approximate surface area is 175 Å². The molecule has 0 saturated carbocycles. The van der Waals surface area contributed by atoms with Gasteiger partial charge in [0.2, 0.25) is 0 Å². The van der Waals surface area contributed by atoms with E-state index in [2.05, 4.69) is 0 Å². The lowest BCUT2D eigenvalue weighted by atomic mass is 9.82. The Morgan fingerprint density at radius 3 is 2.00 bits per heavy atom. The number of methoxy groups -OCH3 is 2. The molecule has 4 rings (SSSR count). The van der Waals surface area contributed by atoms with Crippen molar-refractivity contribution in [3.05, 3.63) is 102 Å². The summed E-state index contributed by atoms with van der Waals surface area (Å²) in [7, 11) is 2.92. The maximum atomic E-state index is 13.4. The van der Waals surface area contributed by atoms with Crippen LogP contribution < -0.4 is 9.64 Å². The number of rotatable bonds is 5. The van der Waals surface area contributed by atoms with Crippen LogP contribution in [0.15, 0.2) is 90.5 Å². The van der Waals surface area contributed by atoms with E-state index >= 15 is 0 Å². The van der Waals surface area contributed by atoms with E-state index in [4.69, 9.17) is 9.47 Å². The number of amides is 1. The molecule has 5 nitrogen and oxygen atoms in total. The van der Waals surface area contributed by atoms with Gasteiger partial charge in [-0.2, -0.15) is 0 Å². The van der Waals surface area contributed by atoms with E-state index < -0.39 is 12.0 Å². The molecule has 1 heterocycles. The van der Waals surface area contributed by atoms with Crippen molar-refractivity contribution in [1.82, 2.24) is 0 Å². The van der Waals surface area contributed by atoms with Crippen LogP contribution in [0.4, 0.5) is 5.69 Å². The number of nitrogens with zero attached hydrogens (tertiary/aromatic N) is 1. The van der Waals surface area contributed by atoms with Gasteiger partial charge < -0.3 is 9.47 Å². The molecule has 3 aromatic rings. The van der Waals surface area contributed by atoms with E-state index in [9.17, 15) is 9.59 Å². The predicted octanol–water partition coefficient (Wildman–Crippen LogP) is 4.41. The highest BCUT2D eigenvalue weighted by molar-refractivity contribution is 6.30. The van der Waals surface area contributed by atoms with Gasteiger partial charge in [-0.15, -0.1) is 0 Å². The number of carbonyl (C=O) groups excluding carboxylic acids is 2. The molecule has 1 aliphatic heterocycles. The van der Waals surface area contributed by atoms with E-state index in [1.165, 1.54) is 7.11 Å². The summed E-state index contributed by atoms with van der Waals surface area (Å²) in [5.74, 6) is -0.0450. The summed E-state index contributed by atoms with van der Waals surface area (Å²) >= 11 is 0. The van der Waals surface area contributed by atoms with Crippen LogP contribution in [0.1, 0.15) is 17.2 Å². The van der Waals surface area contributed by atoms with Crippen LogP contribution in [-0.4, -0.2) is 26.1 Å². The smallest absolute Gasteiger partial charge is 0.339 e. The summed E-state index contributed by atoms with van der Waals surface area (Å²) in [5, 5.41) is 0. The Morgan fingerprint density at radius 1 is 0.833 bits per heavy atom. The molecule has 0 radical (unpaired) electrons. The molecule has 30 heavy (non-hydrogen) atoms. The summed E-state index contributed by atoms with van der Waals surface area (Å²) in [6, 6.07) is 25.7. The van der Waals surface area contributed by atoms with Crippen molar-refractivity contribution in [3.63, 3.8) is 0 Å². The minimum Gasteiger partial charge on any atom is -0.497 e. The van der Waals surface area contributed by atoms with Crippen molar-refractivity contribution in [2.24, 2.45) is 0 Å². The summed E-state index contributed by atoms with van der Waals surface area (Å²) < 4.78 is 10.3. The first-order valence-corrected chi connectivity index (χ1v) is 9.56. The van der Waals surface area contributed by atoms with Crippen LogP contribution in [0.2, 0.25) is 0 Å². The number of hydrogen-bond donors (Lipinski definition) is 0. The van der Waals surface area contributed by atoms with Gasteiger partial charge in [0.1, 0.15) is 5.75 Å². The van der Waals surface area contributed by atoms with Crippen LogP contribution in [-0.2, 0) is 14.3 Å². The van der Waals surface area contributed by atoms with Crippen molar-refractivity contribution in [1.29, 1.82) is 0 Å². The van der Waals surface area contributed by atoms with Crippen molar-refractivity contribution >= 4 is 23.1 Å². The molecule has 1 unspecified atom stereocenters. The highest BCUT2D eigenvalue weighted by Gasteiger charge is 2.47. The van der Waals surface area contributed by atoms with Crippen LogP contribution in [0, 0.1) is 0 Å². The Bertz CT molecular complexity index is 1090. The number of carbonyl (C=O) groups is 2. The normalized spacial score (nSPS) is 17.2. The van der Waals surface area contributed by atoms with Crippen LogP contribution in [0.25, 0.3) is 5.57 Å². The number of anilines is 1. The number of hydrogen-bond acceptors (Lipinski definition) is 4. The SMILES string of the molecule is COC(=O)/C(=C1\C(=O)N(c2ccc(OC)cc2)C1c1ccccc1)c1ccccc1. The van der Waals surface area contributed by atoms with E-state index in [-0.39, 0.29) is 5.91 Å². The Hall–Kier alpha value is -3.86. The fourth-order valence-electron chi connectivity index (χ4n) is 3.72. The zero-order valence-electron chi connectivity index (χ0n) is 16.7. The maximum absolute atomic E-state index is 13.4. The molecule has 0 aromatic heterocycles. The largest absolute Gasteiger partial charge is 0.497 e. The van der Waals surface area contributed by atoms with Crippen molar-refractivity contribution < 1.29 is 19.1 Å². The first-order chi connectivity index (χ1) is 14.7. The van der Waals surface area contributed by atoms with Gasteiger partial charge >= 0.3 is 5.97 Å². The van der Waals surface area contributed by atoms with Gasteiger partial charge in [0.05, 0.1) is 31.4 Å². The number of ether oxygens (including phenoxy) is 2.